The summed E-state index contributed by atoms with van der Waals surface area (Å²) in [6.07, 6.45) is 12.3. The van der Waals surface area contributed by atoms with E-state index < -0.39 is 5.54 Å². The highest BCUT2D eigenvalue weighted by Crippen LogP contribution is 2.50. The maximum atomic E-state index is 12.7. The van der Waals surface area contributed by atoms with Gasteiger partial charge in [0.2, 0.25) is 5.91 Å². The van der Waals surface area contributed by atoms with Gasteiger partial charge in [-0.25, -0.2) is 4.98 Å². The highest BCUT2D eigenvalue weighted by atomic mass is 16.1. The number of rotatable bonds is 9. The van der Waals surface area contributed by atoms with Gasteiger partial charge in [-0.3, -0.25) is 4.79 Å². The van der Waals surface area contributed by atoms with E-state index in [1.807, 2.05) is 6.33 Å². The fraction of sp³-hybridized carbons (Fsp3) is 0.353. The van der Waals surface area contributed by atoms with E-state index in [0.717, 1.165) is 18.7 Å². The van der Waals surface area contributed by atoms with Crippen LogP contribution >= 0.6 is 0 Å². The van der Waals surface area contributed by atoms with Crippen molar-refractivity contribution in [1.29, 1.82) is 0 Å². The maximum Gasteiger partial charge on any atom is 0.220 e. The van der Waals surface area contributed by atoms with Gasteiger partial charge in [-0.2, -0.15) is 0 Å². The monoisotopic (exact) mass is 503 g/mol. The molecule has 0 aliphatic heterocycles. The number of carbonyl (C=O) groups excluding carboxylic acids is 1. The van der Waals surface area contributed by atoms with Gasteiger partial charge >= 0.3 is 0 Å². The molecule has 0 saturated heterocycles. The van der Waals surface area contributed by atoms with E-state index in [4.69, 9.17) is 4.98 Å². The lowest BCUT2D eigenvalue weighted by atomic mass is 9.77. The predicted molar refractivity (Wildman–Crippen MR) is 152 cm³/mol. The van der Waals surface area contributed by atoms with Gasteiger partial charge in [0.15, 0.2) is 0 Å². The number of aromatic nitrogens is 2. The minimum atomic E-state index is -0.545. The molecule has 2 fully saturated rings. The van der Waals surface area contributed by atoms with Crippen LogP contribution in [0.25, 0.3) is 0 Å². The lowest BCUT2D eigenvalue weighted by Crippen LogP contribution is -2.36. The Bertz CT molecular complexity index is 1230. The van der Waals surface area contributed by atoms with Crippen molar-refractivity contribution < 1.29 is 4.79 Å². The summed E-state index contributed by atoms with van der Waals surface area (Å²) in [5.41, 5.74) is 4.11. The molecule has 1 amide bonds. The molecule has 3 aromatic carbocycles. The number of amides is 1. The van der Waals surface area contributed by atoms with Crippen molar-refractivity contribution in [1.82, 2.24) is 14.9 Å². The fourth-order valence-corrected chi connectivity index (χ4v) is 6.49. The molecule has 4 nitrogen and oxygen atoms in total. The van der Waals surface area contributed by atoms with Crippen LogP contribution in [-0.2, 0) is 10.3 Å². The second kappa shape index (κ2) is 11.0. The second-order valence-electron chi connectivity index (χ2n) is 11.1. The summed E-state index contributed by atoms with van der Waals surface area (Å²) in [5, 5.41) is 3.23. The largest absolute Gasteiger partial charge is 0.356 e. The van der Waals surface area contributed by atoms with Crippen LogP contribution in [0.2, 0.25) is 0 Å². The van der Waals surface area contributed by atoms with E-state index in [9.17, 15) is 4.79 Å². The van der Waals surface area contributed by atoms with E-state index >= 15 is 0 Å². The first-order valence-corrected chi connectivity index (χ1v) is 14.2. The zero-order valence-corrected chi connectivity index (χ0v) is 22.0. The molecule has 6 rings (SSSR count). The first-order valence-electron chi connectivity index (χ1n) is 14.2. The van der Waals surface area contributed by atoms with Crippen molar-refractivity contribution in [2.75, 3.05) is 6.54 Å². The Morgan fingerprint density at radius 3 is 1.92 bits per heavy atom. The molecular formula is C34H37N3O. The van der Waals surface area contributed by atoms with Gasteiger partial charge in [0.05, 0.1) is 12.0 Å². The van der Waals surface area contributed by atoms with Crippen LogP contribution in [0.1, 0.15) is 73.2 Å². The Hall–Kier alpha value is -3.66. The van der Waals surface area contributed by atoms with Crippen molar-refractivity contribution in [3.63, 3.8) is 0 Å². The molecule has 0 radical (unpaired) electrons. The van der Waals surface area contributed by atoms with Crippen LogP contribution in [0.3, 0.4) is 0 Å². The van der Waals surface area contributed by atoms with E-state index in [-0.39, 0.29) is 5.91 Å². The molecule has 38 heavy (non-hydrogen) atoms. The molecule has 4 aromatic rings. The molecule has 1 heterocycles. The number of carbonyl (C=O) groups is 1. The summed E-state index contributed by atoms with van der Waals surface area (Å²) < 4.78 is 2.28. The molecular weight excluding hydrogens is 466 g/mol. The Balaban J connectivity index is 1.26. The smallest absolute Gasteiger partial charge is 0.220 e. The maximum absolute atomic E-state index is 12.7. The second-order valence-corrected chi connectivity index (χ2v) is 11.1. The normalized spacial score (nSPS) is 19.7. The third-order valence-corrected chi connectivity index (χ3v) is 8.63. The van der Waals surface area contributed by atoms with Crippen LogP contribution in [-0.4, -0.2) is 22.0 Å². The lowest BCUT2D eigenvalue weighted by molar-refractivity contribution is -0.121. The molecule has 2 atom stereocenters. The molecule has 1 aromatic heterocycles. The van der Waals surface area contributed by atoms with Crippen molar-refractivity contribution in [3.05, 3.63) is 126 Å². The minimum Gasteiger partial charge on any atom is -0.356 e. The molecule has 2 saturated carbocycles. The van der Waals surface area contributed by atoms with Crippen LogP contribution in [0.15, 0.2) is 104 Å². The van der Waals surface area contributed by atoms with Crippen LogP contribution < -0.4 is 5.32 Å². The topological polar surface area (TPSA) is 46.9 Å². The summed E-state index contributed by atoms with van der Waals surface area (Å²) in [6, 6.07) is 32.1. The van der Waals surface area contributed by atoms with Gasteiger partial charge in [0, 0.05) is 25.1 Å². The van der Waals surface area contributed by atoms with E-state index in [1.54, 1.807) is 0 Å². The minimum absolute atomic E-state index is 0.203. The Morgan fingerprint density at radius 2 is 1.37 bits per heavy atom. The van der Waals surface area contributed by atoms with Crippen LogP contribution in [0.5, 0.6) is 0 Å². The lowest BCUT2D eigenvalue weighted by Gasteiger charge is -2.37. The SMILES string of the molecule is O=C(C[C@@H]1C[C@H]1c1cn(C(c2ccccc2)(c2ccccc2)c2ccccc2)cn1)NCC1CCCCC1. The Labute approximate surface area is 226 Å². The molecule has 4 heteroatoms. The highest BCUT2D eigenvalue weighted by molar-refractivity contribution is 5.76. The number of hydrogen-bond donors (Lipinski definition) is 1. The number of nitrogens with zero attached hydrogens (tertiary/aromatic N) is 2. The van der Waals surface area contributed by atoms with Gasteiger partial charge in [-0.15, -0.1) is 0 Å². The van der Waals surface area contributed by atoms with Gasteiger partial charge < -0.3 is 9.88 Å². The summed E-state index contributed by atoms with van der Waals surface area (Å²) in [5.74, 6) is 1.59. The molecule has 194 valence electrons. The summed E-state index contributed by atoms with van der Waals surface area (Å²) in [7, 11) is 0. The first kappa shape index (κ1) is 24.7. The standard InChI is InChI=1S/C34H37N3O/c38-33(35-23-26-13-5-1-6-14-26)22-27-21-31(27)32-24-37(25-36-32)34(28-15-7-2-8-16-28,29-17-9-3-10-18-29)30-19-11-4-12-20-30/h2-4,7-12,15-20,24-27,31H,1,5-6,13-14,21-23H2,(H,35,38)/t27-,31+/m0/s1. The number of nitrogens with one attached hydrogen (secondary N) is 1. The van der Waals surface area contributed by atoms with Crippen molar-refractivity contribution in [2.24, 2.45) is 11.8 Å². The van der Waals surface area contributed by atoms with Gasteiger partial charge in [0.25, 0.3) is 0 Å². The van der Waals surface area contributed by atoms with E-state index in [2.05, 4.69) is 107 Å². The molecule has 0 spiro atoms. The third kappa shape index (κ3) is 4.92. The van der Waals surface area contributed by atoms with Crippen molar-refractivity contribution >= 4 is 5.91 Å². The third-order valence-electron chi connectivity index (χ3n) is 8.63. The van der Waals surface area contributed by atoms with Gasteiger partial charge in [0.1, 0.15) is 5.54 Å². The number of imidazole rings is 1. The quantitative estimate of drug-likeness (QED) is 0.252. The molecule has 2 aliphatic rings. The van der Waals surface area contributed by atoms with Crippen molar-refractivity contribution in [3.8, 4) is 0 Å². The zero-order valence-electron chi connectivity index (χ0n) is 22.0. The molecule has 1 N–H and O–H groups in total. The highest BCUT2D eigenvalue weighted by Gasteiger charge is 2.43. The zero-order chi connectivity index (χ0) is 25.8. The number of hydrogen-bond acceptors (Lipinski definition) is 2. The molecule has 0 unspecified atom stereocenters. The molecule has 2 aliphatic carbocycles. The number of benzene rings is 3. The average molecular weight is 504 g/mol. The van der Waals surface area contributed by atoms with Crippen LogP contribution in [0, 0.1) is 11.8 Å². The molecule has 0 bridgehead atoms. The van der Waals surface area contributed by atoms with Gasteiger partial charge in [-0.05, 0) is 47.8 Å². The summed E-state index contributed by atoms with van der Waals surface area (Å²) in [4.78, 5) is 17.6. The van der Waals surface area contributed by atoms with Crippen molar-refractivity contribution in [2.45, 2.75) is 56.4 Å². The summed E-state index contributed by atoms with van der Waals surface area (Å²) >= 11 is 0. The Kier molecular flexibility index (Phi) is 7.13. The van der Waals surface area contributed by atoms with E-state index in [1.165, 1.54) is 48.8 Å². The van der Waals surface area contributed by atoms with Crippen LogP contribution in [0.4, 0.5) is 0 Å². The van der Waals surface area contributed by atoms with Gasteiger partial charge in [-0.1, -0.05) is 110 Å². The Morgan fingerprint density at radius 1 is 0.816 bits per heavy atom. The summed E-state index contributed by atoms with van der Waals surface area (Å²) in [6.45, 7) is 0.846. The van der Waals surface area contributed by atoms with E-state index in [0.29, 0.717) is 24.2 Å². The average Bonchev–Trinajstić information content (AvgIpc) is 3.57. The fourth-order valence-electron chi connectivity index (χ4n) is 6.49. The first-order chi connectivity index (χ1) is 18.7. The predicted octanol–water partition coefficient (Wildman–Crippen LogP) is 6.91.